The van der Waals surface area contributed by atoms with Crippen molar-refractivity contribution in [1.29, 1.82) is 0 Å². The van der Waals surface area contributed by atoms with Crippen LogP contribution in [0.25, 0.3) is 0 Å². The van der Waals surface area contributed by atoms with Crippen LogP contribution < -0.4 is 0 Å². The summed E-state index contributed by atoms with van der Waals surface area (Å²) in [4.78, 5) is 21.4. The molecule has 0 bridgehead atoms. The van der Waals surface area contributed by atoms with E-state index in [1.807, 2.05) is 0 Å². The van der Waals surface area contributed by atoms with Gasteiger partial charge in [0.05, 0.1) is 18.6 Å². The first-order valence-corrected chi connectivity index (χ1v) is 5.06. The van der Waals surface area contributed by atoms with Gasteiger partial charge in [-0.2, -0.15) is 0 Å². The zero-order chi connectivity index (χ0) is 11.2. The number of carboxylic acid groups (broad SMARTS) is 1. The molecule has 2 aliphatic carbocycles. The van der Waals surface area contributed by atoms with Crippen LogP contribution >= 0.6 is 0 Å². The smallest absolute Gasteiger partial charge is 0.307 e. The van der Waals surface area contributed by atoms with Crippen molar-refractivity contribution >= 4 is 11.9 Å². The van der Waals surface area contributed by atoms with Gasteiger partial charge < -0.3 is 14.9 Å². The molecule has 0 aromatic rings. The Kier molecular flexibility index (Phi) is 2.42. The lowest BCUT2D eigenvalue weighted by Crippen LogP contribution is -2.26. The summed E-state index contributed by atoms with van der Waals surface area (Å²) in [5, 5.41) is 18.5. The van der Waals surface area contributed by atoms with Crippen LogP contribution in [0.15, 0.2) is 0 Å². The first-order valence-electron chi connectivity index (χ1n) is 5.06. The minimum atomic E-state index is -0.801. The molecule has 84 valence electrons. The summed E-state index contributed by atoms with van der Waals surface area (Å²) in [7, 11) is 0. The minimum absolute atomic E-state index is 0.00292. The standard InChI is InChI=1S/C10H14O5/c1-4(11)15-3-6-7(12)2-5-8(6)9(5)10(13)14/h5-9,12H,2-3H2,1H3,(H,13,14). The van der Waals surface area contributed by atoms with Gasteiger partial charge in [-0.3, -0.25) is 9.59 Å². The number of hydrogen-bond donors (Lipinski definition) is 2. The molecule has 15 heavy (non-hydrogen) atoms. The maximum Gasteiger partial charge on any atom is 0.307 e. The van der Waals surface area contributed by atoms with Crippen LogP contribution in [0.5, 0.6) is 0 Å². The number of aliphatic hydroxyl groups excluding tert-OH is 1. The van der Waals surface area contributed by atoms with Gasteiger partial charge in [-0.15, -0.1) is 0 Å². The highest BCUT2D eigenvalue weighted by atomic mass is 16.5. The van der Waals surface area contributed by atoms with E-state index in [4.69, 9.17) is 9.84 Å². The SMILES string of the molecule is CC(=O)OCC1C(O)CC2C(C(=O)O)C12. The second-order valence-corrected chi connectivity index (χ2v) is 4.37. The zero-order valence-corrected chi connectivity index (χ0v) is 8.42. The molecule has 2 rings (SSSR count). The van der Waals surface area contributed by atoms with Crippen LogP contribution in [-0.2, 0) is 14.3 Å². The summed E-state index contributed by atoms with van der Waals surface area (Å²) in [5.74, 6) is -1.65. The van der Waals surface area contributed by atoms with Crippen LogP contribution in [0.4, 0.5) is 0 Å². The van der Waals surface area contributed by atoms with Crippen molar-refractivity contribution in [3.05, 3.63) is 0 Å². The molecule has 2 fully saturated rings. The average Bonchev–Trinajstić information content (AvgIpc) is 2.71. The Balaban J connectivity index is 1.93. The highest BCUT2D eigenvalue weighted by Crippen LogP contribution is 2.60. The molecule has 0 aliphatic heterocycles. The van der Waals surface area contributed by atoms with E-state index >= 15 is 0 Å². The van der Waals surface area contributed by atoms with Gasteiger partial charge in [0.2, 0.25) is 0 Å². The second kappa shape index (κ2) is 3.48. The van der Waals surface area contributed by atoms with Crippen molar-refractivity contribution in [3.63, 3.8) is 0 Å². The van der Waals surface area contributed by atoms with E-state index in [-0.39, 0.29) is 30.3 Å². The van der Waals surface area contributed by atoms with E-state index in [0.717, 1.165) is 0 Å². The van der Waals surface area contributed by atoms with Crippen LogP contribution in [0.3, 0.4) is 0 Å². The van der Waals surface area contributed by atoms with E-state index in [1.54, 1.807) is 0 Å². The molecule has 5 atom stereocenters. The molecule has 2 aliphatic rings. The van der Waals surface area contributed by atoms with Crippen molar-refractivity contribution in [3.8, 4) is 0 Å². The zero-order valence-electron chi connectivity index (χ0n) is 8.42. The van der Waals surface area contributed by atoms with E-state index < -0.39 is 18.0 Å². The molecule has 5 unspecified atom stereocenters. The summed E-state index contributed by atoms with van der Waals surface area (Å²) < 4.78 is 4.83. The Hall–Kier alpha value is -1.10. The van der Waals surface area contributed by atoms with Crippen LogP contribution in [0, 0.1) is 23.7 Å². The molecule has 0 amide bonds. The first kappa shape index (κ1) is 10.4. The van der Waals surface area contributed by atoms with E-state index in [9.17, 15) is 14.7 Å². The minimum Gasteiger partial charge on any atom is -0.481 e. The fourth-order valence-corrected chi connectivity index (χ4v) is 2.78. The van der Waals surface area contributed by atoms with Crippen LogP contribution in [0.1, 0.15) is 13.3 Å². The highest BCUT2D eigenvalue weighted by molar-refractivity contribution is 5.75. The summed E-state index contributed by atoms with van der Waals surface area (Å²) in [5.41, 5.74) is 0. The number of esters is 1. The average molecular weight is 214 g/mol. The molecule has 0 saturated heterocycles. The fraction of sp³-hybridized carbons (Fsp3) is 0.800. The van der Waals surface area contributed by atoms with E-state index in [2.05, 4.69) is 0 Å². The Morgan fingerprint density at radius 3 is 2.67 bits per heavy atom. The molecule has 5 nitrogen and oxygen atoms in total. The lowest BCUT2D eigenvalue weighted by molar-refractivity contribution is -0.144. The first-order chi connectivity index (χ1) is 7.02. The van der Waals surface area contributed by atoms with Crippen molar-refractivity contribution in [2.45, 2.75) is 19.4 Å². The third kappa shape index (κ3) is 1.71. The maximum absolute atomic E-state index is 10.8. The normalized spacial score (nSPS) is 42.1. The predicted octanol–water partition coefficient (Wildman–Crippen LogP) is -0.123. The second-order valence-electron chi connectivity index (χ2n) is 4.37. The number of ether oxygens (including phenoxy) is 1. The number of aliphatic hydroxyl groups is 1. The van der Waals surface area contributed by atoms with Crippen molar-refractivity contribution in [2.75, 3.05) is 6.61 Å². The maximum atomic E-state index is 10.8. The lowest BCUT2D eigenvalue weighted by atomic mass is 9.98. The Morgan fingerprint density at radius 1 is 1.47 bits per heavy atom. The van der Waals surface area contributed by atoms with Gasteiger partial charge in [0, 0.05) is 12.8 Å². The van der Waals surface area contributed by atoms with Gasteiger partial charge in [-0.25, -0.2) is 0 Å². The summed E-state index contributed by atoms with van der Waals surface area (Å²) >= 11 is 0. The molecular formula is C10H14O5. The van der Waals surface area contributed by atoms with E-state index in [1.165, 1.54) is 6.92 Å². The van der Waals surface area contributed by atoms with Gasteiger partial charge >= 0.3 is 11.9 Å². The van der Waals surface area contributed by atoms with Crippen LogP contribution in [0.2, 0.25) is 0 Å². The van der Waals surface area contributed by atoms with E-state index in [0.29, 0.717) is 6.42 Å². The number of rotatable bonds is 3. The molecule has 0 aromatic carbocycles. The van der Waals surface area contributed by atoms with Gasteiger partial charge in [0.1, 0.15) is 0 Å². The molecule has 0 aromatic heterocycles. The monoisotopic (exact) mass is 214 g/mol. The summed E-state index contributed by atoms with van der Waals surface area (Å²) in [6.07, 6.45) is 0.00283. The quantitative estimate of drug-likeness (QED) is 0.640. The topological polar surface area (TPSA) is 83.8 Å². The third-order valence-electron chi connectivity index (χ3n) is 3.50. The van der Waals surface area contributed by atoms with Gasteiger partial charge in [0.25, 0.3) is 0 Å². The Morgan fingerprint density at radius 2 is 2.13 bits per heavy atom. The van der Waals surface area contributed by atoms with Gasteiger partial charge in [-0.1, -0.05) is 0 Å². The summed E-state index contributed by atoms with van der Waals surface area (Å²) in [6.45, 7) is 1.45. The predicted molar refractivity (Wildman–Crippen MR) is 48.9 cm³/mol. The van der Waals surface area contributed by atoms with Crippen molar-refractivity contribution in [2.24, 2.45) is 23.7 Å². The summed E-state index contributed by atoms with van der Waals surface area (Å²) in [6, 6.07) is 0. The number of carbonyl (C=O) groups excluding carboxylic acids is 1. The van der Waals surface area contributed by atoms with Gasteiger partial charge in [0.15, 0.2) is 0 Å². The number of hydrogen-bond acceptors (Lipinski definition) is 4. The number of aliphatic carboxylic acids is 1. The lowest BCUT2D eigenvalue weighted by Gasteiger charge is -2.18. The number of fused-ring (bicyclic) bond motifs is 1. The largest absolute Gasteiger partial charge is 0.481 e. The molecule has 0 heterocycles. The Labute approximate surface area is 87.0 Å². The third-order valence-corrected chi connectivity index (χ3v) is 3.50. The Bertz CT molecular complexity index is 300. The number of carboxylic acids is 1. The van der Waals surface area contributed by atoms with Gasteiger partial charge in [-0.05, 0) is 18.3 Å². The van der Waals surface area contributed by atoms with Crippen LogP contribution in [-0.4, -0.2) is 34.9 Å². The molecule has 0 spiro atoms. The highest BCUT2D eigenvalue weighted by Gasteiger charge is 2.64. The molecule has 5 heteroatoms. The molecule has 2 N–H and O–H groups in total. The van der Waals surface area contributed by atoms with Crippen molar-refractivity contribution < 1.29 is 24.5 Å². The molecular weight excluding hydrogens is 200 g/mol. The molecule has 0 radical (unpaired) electrons. The molecule has 2 saturated carbocycles. The van der Waals surface area contributed by atoms with Crippen molar-refractivity contribution in [1.82, 2.24) is 0 Å². The fourth-order valence-electron chi connectivity index (χ4n) is 2.78. The number of carbonyl (C=O) groups is 2.